The summed E-state index contributed by atoms with van der Waals surface area (Å²) in [6.07, 6.45) is -3.92. The van der Waals surface area contributed by atoms with Crippen LogP contribution in [0.25, 0.3) is 5.69 Å². The smallest absolute Gasteiger partial charge is 0.217 e. The minimum atomic E-state index is -4.97. The largest absolute Gasteiger partial charge is 0.422 e. The van der Waals surface area contributed by atoms with Gasteiger partial charge in [-0.3, -0.25) is 0 Å². The van der Waals surface area contributed by atoms with Gasteiger partial charge in [0.25, 0.3) is 6.08 Å². The summed E-state index contributed by atoms with van der Waals surface area (Å²) >= 11 is 22.5. The van der Waals surface area contributed by atoms with Crippen LogP contribution in [0.15, 0.2) is 17.2 Å². The van der Waals surface area contributed by atoms with E-state index in [1.54, 1.807) is 0 Å². The minimum Gasteiger partial charge on any atom is -0.217 e. The van der Waals surface area contributed by atoms with Crippen molar-refractivity contribution in [2.24, 2.45) is 5.10 Å². The number of nitrogens with zero attached hydrogens (tertiary/aromatic N) is 4. The Balaban J connectivity index is 3.07. The van der Waals surface area contributed by atoms with Crippen molar-refractivity contribution < 1.29 is 18.0 Å². The van der Waals surface area contributed by atoms with Crippen LogP contribution in [0, 0.1) is 16.0 Å². The number of rotatable bonds is 2. The standard InChI is InChI=1S/C12H2Cl3F3N4OS/c13-5-1-6(14)10(7(15)2-5)21-11(24)9(12(16,17)18)8(3-19)22(21)20-4-23/h1-2H. The zero-order chi connectivity index (χ0) is 18.2. The van der Waals surface area contributed by atoms with E-state index in [1.807, 2.05) is 0 Å². The molecule has 124 valence electrons. The molecule has 24 heavy (non-hydrogen) atoms. The van der Waals surface area contributed by atoms with Crippen molar-refractivity contribution in [2.45, 2.75) is 6.18 Å². The topological polar surface area (TPSA) is 63.1 Å². The Morgan fingerprint density at radius 2 is 1.75 bits per heavy atom. The molecule has 0 aliphatic rings. The number of aromatic nitrogens is 2. The third kappa shape index (κ3) is 3.07. The Morgan fingerprint density at radius 1 is 1.21 bits per heavy atom. The number of hydrogen-bond acceptors (Lipinski definition) is 4. The van der Waals surface area contributed by atoms with Gasteiger partial charge in [-0.25, -0.2) is 9.48 Å². The van der Waals surface area contributed by atoms with Crippen molar-refractivity contribution in [1.29, 1.82) is 5.26 Å². The highest BCUT2D eigenvalue weighted by Crippen LogP contribution is 2.38. The second-order valence-electron chi connectivity index (χ2n) is 4.15. The second-order valence-corrected chi connectivity index (χ2v) is 5.79. The molecule has 1 aromatic carbocycles. The lowest BCUT2D eigenvalue weighted by Gasteiger charge is -2.11. The molecule has 0 fully saturated rings. The van der Waals surface area contributed by atoms with Gasteiger partial charge in [0.2, 0.25) is 0 Å². The van der Waals surface area contributed by atoms with Gasteiger partial charge in [-0.05, 0) is 12.1 Å². The summed E-state index contributed by atoms with van der Waals surface area (Å²) in [6.45, 7) is 0. The number of halogens is 6. The predicted molar refractivity (Wildman–Crippen MR) is 82.9 cm³/mol. The van der Waals surface area contributed by atoms with Crippen LogP contribution < -0.4 is 0 Å². The molecule has 12 heteroatoms. The lowest BCUT2D eigenvalue weighted by atomic mass is 10.2. The molecule has 5 nitrogen and oxygen atoms in total. The first kappa shape index (κ1) is 18.5. The predicted octanol–water partition coefficient (Wildman–Crippen LogP) is 4.96. The lowest BCUT2D eigenvalue weighted by Crippen LogP contribution is -2.09. The molecule has 1 aromatic heterocycles. The summed E-state index contributed by atoms with van der Waals surface area (Å²) in [4.78, 5) is 10.9. The van der Waals surface area contributed by atoms with Crippen molar-refractivity contribution in [3.63, 3.8) is 0 Å². The molecule has 0 N–H and O–H groups in total. The van der Waals surface area contributed by atoms with E-state index in [0.29, 0.717) is 9.47 Å². The molecule has 0 bridgehead atoms. The maximum absolute atomic E-state index is 13.2. The van der Waals surface area contributed by atoms with Crippen LogP contribution in [0.1, 0.15) is 11.3 Å². The fourth-order valence-electron chi connectivity index (χ4n) is 1.92. The van der Waals surface area contributed by atoms with Crippen LogP contribution in [-0.4, -0.2) is 15.6 Å². The van der Waals surface area contributed by atoms with E-state index in [2.05, 4.69) is 5.10 Å². The van der Waals surface area contributed by atoms with E-state index in [-0.39, 0.29) is 20.8 Å². The maximum atomic E-state index is 13.2. The molecule has 1 heterocycles. The molecule has 0 saturated heterocycles. The Kier molecular flexibility index (Phi) is 5.08. The summed E-state index contributed by atoms with van der Waals surface area (Å²) in [7, 11) is 0. The molecule has 0 aliphatic carbocycles. The highest BCUT2D eigenvalue weighted by molar-refractivity contribution is 7.71. The van der Waals surface area contributed by atoms with Gasteiger partial charge in [0.15, 0.2) is 5.69 Å². The molecular weight excluding hydrogens is 412 g/mol. The monoisotopic (exact) mass is 412 g/mol. The van der Waals surface area contributed by atoms with Gasteiger partial charge < -0.3 is 0 Å². The highest BCUT2D eigenvalue weighted by Gasteiger charge is 2.40. The number of isocyanates is 1. The van der Waals surface area contributed by atoms with E-state index in [4.69, 9.17) is 52.3 Å². The van der Waals surface area contributed by atoms with Gasteiger partial charge in [0.1, 0.15) is 22.0 Å². The SMILES string of the molecule is N#Cc1c(C(F)(F)F)c(=S)n(-c2c(Cl)cc(Cl)cc2Cl)n1N=C=O. The summed E-state index contributed by atoms with van der Waals surface area (Å²) in [5, 5.41) is 11.9. The summed E-state index contributed by atoms with van der Waals surface area (Å²) in [6, 6.07) is 3.71. The Morgan fingerprint density at radius 3 is 2.17 bits per heavy atom. The molecule has 0 atom stereocenters. The average Bonchev–Trinajstić information content (AvgIpc) is 2.71. The molecule has 2 rings (SSSR count). The van der Waals surface area contributed by atoms with E-state index in [1.165, 1.54) is 18.2 Å². The molecule has 0 amide bonds. The van der Waals surface area contributed by atoms with E-state index in [0.717, 1.165) is 6.08 Å². The minimum absolute atomic E-state index is 0.119. The third-order valence-corrected chi connectivity index (χ3v) is 3.92. The molecular formula is C12H2Cl3F3N4OS. The van der Waals surface area contributed by atoms with E-state index >= 15 is 0 Å². The molecule has 0 spiro atoms. The van der Waals surface area contributed by atoms with Gasteiger partial charge in [-0.15, -0.1) is 4.79 Å². The maximum Gasteiger partial charge on any atom is 0.422 e. The number of hydrogen-bond donors (Lipinski definition) is 0. The average molecular weight is 414 g/mol. The van der Waals surface area contributed by atoms with Gasteiger partial charge >= 0.3 is 6.18 Å². The van der Waals surface area contributed by atoms with Crippen LogP contribution in [0.4, 0.5) is 13.2 Å². The van der Waals surface area contributed by atoms with Crippen LogP contribution in [-0.2, 0) is 11.0 Å². The molecule has 0 unspecified atom stereocenters. The number of alkyl halides is 3. The highest BCUT2D eigenvalue weighted by atomic mass is 35.5. The number of nitriles is 1. The van der Waals surface area contributed by atoms with E-state index in [9.17, 15) is 18.0 Å². The van der Waals surface area contributed by atoms with Crippen molar-refractivity contribution in [2.75, 3.05) is 0 Å². The van der Waals surface area contributed by atoms with Crippen molar-refractivity contribution >= 4 is 53.1 Å². The normalized spacial score (nSPS) is 11.0. The number of benzene rings is 1. The molecule has 0 radical (unpaired) electrons. The zero-order valence-electron chi connectivity index (χ0n) is 11.0. The molecule has 0 aliphatic heterocycles. The van der Waals surface area contributed by atoms with Gasteiger partial charge in [-0.1, -0.05) is 52.1 Å². The zero-order valence-corrected chi connectivity index (χ0v) is 14.1. The molecule has 2 aromatic rings. The fraction of sp³-hybridized carbons (Fsp3) is 0.0833. The van der Waals surface area contributed by atoms with E-state index < -0.39 is 22.1 Å². The van der Waals surface area contributed by atoms with Crippen LogP contribution in [0.3, 0.4) is 0 Å². The fourth-order valence-corrected chi connectivity index (χ4v) is 3.27. The van der Waals surface area contributed by atoms with Gasteiger partial charge in [-0.2, -0.15) is 18.4 Å². The first-order valence-electron chi connectivity index (χ1n) is 5.71. The summed E-state index contributed by atoms with van der Waals surface area (Å²) in [5.41, 5.74) is -2.70. The summed E-state index contributed by atoms with van der Waals surface area (Å²) < 4.78 is 39.5. The summed E-state index contributed by atoms with van der Waals surface area (Å²) in [5.74, 6) is 0. The Labute approximate surface area is 152 Å². The van der Waals surface area contributed by atoms with Gasteiger partial charge in [0, 0.05) is 5.02 Å². The Hall–Kier alpha value is -1.82. The first-order valence-corrected chi connectivity index (χ1v) is 7.26. The van der Waals surface area contributed by atoms with Crippen molar-refractivity contribution in [1.82, 2.24) is 9.47 Å². The van der Waals surface area contributed by atoms with Crippen LogP contribution in [0.2, 0.25) is 15.1 Å². The van der Waals surface area contributed by atoms with Crippen molar-refractivity contribution in [3.05, 3.63) is 43.1 Å². The Bertz CT molecular complexity index is 960. The lowest BCUT2D eigenvalue weighted by molar-refractivity contribution is -0.138. The van der Waals surface area contributed by atoms with Crippen LogP contribution >= 0.6 is 47.0 Å². The second kappa shape index (κ2) is 6.59. The number of carbonyl (C=O) groups excluding carboxylic acids is 1. The quantitative estimate of drug-likeness (QED) is 0.397. The molecule has 0 saturated carbocycles. The third-order valence-electron chi connectivity index (χ3n) is 2.75. The van der Waals surface area contributed by atoms with Gasteiger partial charge in [0.05, 0.1) is 10.0 Å². The first-order chi connectivity index (χ1) is 11.1. The van der Waals surface area contributed by atoms with Crippen LogP contribution in [0.5, 0.6) is 0 Å². The van der Waals surface area contributed by atoms with Crippen molar-refractivity contribution in [3.8, 4) is 11.8 Å².